The molecule has 1 unspecified atom stereocenters. The van der Waals surface area contributed by atoms with Crippen LogP contribution in [0.3, 0.4) is 0 Å². The Balaban J connectivity index is 2.46. The molecule has 1 aromatic heterocycles. The van der Waals surface area contributed by atoms with Crippen LogP contribution in [0.2, 0.25) is 0 Å². The van der Waals surface area contributed by atoms with E-state index in [0.717, 1.165) is 5.69 Å². The topological polar surface area (TPSA) is 88.3 Å². The Bertz CT molecular complexity index is 601. The molecular weight excluding hydrogens is 246 g/mol. The van der Waals surface area contributed by atoms with Gasteiger partial charge in [0.2, 0.25) is 0 Å². The van der Waals surface area contributed by atoms with Crippen molar-refractivity contribution in [2.24, 2.45) is 0 Å². The average molecular weight is 261 g/mol. The minimum atomic E-state index is -0.434. The van der Waals surface area contributed by atoms with Crippen molar-refractivity contribution in [3.05, 3.63) is 40.6 Å². The van der Waals surface area contributed by atoms with Gasteiger partial charge in [0.25, 0.3) is 5.69 Å². The molecule has 100 valence electrons. The van der Waals surface area contributed by atoms with Gasteiger partial charge in [0.05, 0.1) is 4.92 Å². The van der Waals surface area contributed by atoms with Crippen molar-refractivity contribution in [2.45, 2.75) is 19.4 Å². The molecule has 2 N–H and O–H groups in total. The minimum absolute atomic E-state index is 0.00374. The zero-order valence-corrected chi connectivity index (χ0v) is 10.5. The Labute approximate surface area is 110 Å². The van der Waals surface area contributed by atoms with Gasteiger partial charge in [-0.05, 0) is 19.4 Å². The second-order valence-corrected chi connectivity index (χ2v) is 4.35. The second kappa shape index (κ2) is 5.62. The molecule has 0 fully saturated rings. The van der Waals surface area contributed by atoms with E-state index < -0.39 is 4.92 Å². The number of nitro benzene ring substituents is 1. The highest BCUT2D eigenvalue weighted by Crippen LogP contribution is 2.28. The molecule has 0 aliphatic rings. The molecule has 0 spiro atoms. The molecule has 2 aromatic rings. The summed E-state index contributed by atoms with van der Waals surface area (Å²) in [5, 5.41) is 23.8. The normalized spacial score (nSPS) is 12.3. The molecule has 0 amide bonds. The van der Waals surface area contributed by atoms with Crippen LogP contribution >= 0.6 is 0 Å². The number of hydrogen-bond acceptors (Lipinski definition) is 5. The van der Waals surface area contributed by atoms with Gasteiger partial charge in [-0.25, -0.2) is 4.98 Å². The number of pyridine rings is 1. The molecule has 0 bridgehead atoms. The van der Waals surface area contributed by atoms with Crippen LogP contribution in [-0.2, 0) is 0 Å². The molecule has 1 aromatic carbocycles. The minimum Gasteiger partial charge on any atom is -0.396 e. The van der Waals surface area contributed by atoms with Gasteiger partial charge in [-0.2, -0.15) is 0 Å². The number of non-ortho nitro benzene ring substituents is 1. The van der Waals surface area contributed by atoms with Crippen molar-refractivity contribution in [2.75, 3.05) is 11.9 Å². The summed E-state index contributed by atoms with van der Waals surface area (Å²) in [6.45, 7) is 2.04. The summed E-state index contributed by atoms with van der Waals surface area (Å²) >= 11 is 0. The smallest absolute Gasteiger partial charge is 0.295 e. The summed E-state index contributed by atoms with van der Waals surface area (Å²) in [5.74, 6) is 0. The number of aliphatic hydroxyl groups is 1. The Morgan fingerprint density at radius 3 is 2.95 bits per heavy atom. The van der Waals surface area contributed by atoms with E-state index in [4.69, 9.17) is 5.11 Å². The number of nitro groups is 1. The lowest BCUT2D eigenvalue weighted by molar-refractivity contribution is -0.383. The van der Waals surface area contributed by atoms with E-state index in [1.54, 1.807) is 24.4 Å². The molecule has 19 heavy (non-hydrogen) atoms. The lowest BCUT2D eigenvalue weighted by atomic mass is 10.1. The highest BCUT2D eigenvalue weighted by Gasteiger charge is 2.14. The number of fused-ring (bicyclic) bond motifs is 1. The summed E-state index contributed by atoms with van der Waals surface area (Å²) in [6, 6.07) is 6.73. The Kier molecular flexibility index (Phi) is 3.91. The van der Waals surface area contributed by atoms with Gasteiger partial charge in [-0.15, -0.1) is 0 Å². The van der Waals surface area contributed by atoms with Gasteiger partial charge < -0.3 is 10.4 Å². The zero-order valence-electron chi connectivity index (χ0n) is 10.5. The first-order valence-electron chi connectivity index (χ1n) is 6.03. The number of nitrogens with zero attached hydrogens (tertiary/aromatic N) is 2. The molecule has 2 rings (SSSR count). The fourth-order valence-corrected chi connectivity index (χ4v) is 1.96. The molecule has 0 aliphatic heterocycles. The van der Waals surface area contributed by atoms with Gasteiger partial charge in [0.15, 0.2) is 0 Å². The first kappa shape index (κ1) is 13.2. The van der Waals surface area contributed by atoms with Crippen LogP contribution in [0.1, 0.15) is 13.3 Å². The van der Waals surface area contributed by atoms with Crippen molar-refractivity contribution in [3.63, 3.8) is 0 Å². The molecule has 0 aliphatic carbocycles. The summed E-state index contributed by atoms with van der Waals surface area (Å²) in [7, 11) is 0. The summed E-state index contributed by atoms with van der Waals surface area (Å²) in [4.78, 5) is 14.6. The van der Waals surface area contributed by atoms with Crippen LogP contribution in [0.5, 0.6) is 0 Å². The third-order valence-corrected chi connectivity index (χ3v) is 2.91. The number of aliphatic hydroxyl groups excluding tert-OH is 1. The van der Waals surface area contributed by atoms with E-state index in [9.17, 15) is 10.1 Å². The van der Waals surface area contributed by atoms with Gasteiger partial charge in [0.1, 0.15) is 5.52 Å². The molecule has 0 saturated heterocycles. The first-order chi connectivity index (χ1) is 9.13. The predicted octanol–water partition coefficient (Wildman–Crippen LogP) is 2.33. The van der Waals surface area contributed by atoms with E-state index in [0.29, 0.717) is 17.3 Å². The van der Waals surface area contributed by atoms with Crippen LogP contribution in [-0.4, -0.2) is 27.7 Å². The predicted molar refractivity (Wildman–Crippen MR) is 73.2 cm³/mol. The fourth-order valence-electron chi connectivity index (χ4n) is 1.96. The Morgan fingerprint density at radius 1 is 1.47 bits per heavy atom. The number of hydrogen-bond donors (Lipinski definition) is 2. The molecule has 0 radical (unpaired) electrons. The lowest BCUT2D eigenvalue weighted by Gasteiger charge is -2.15. The van der Waals surface area contributed by atoms with Crippen molar-refractivity contribution in [1.29, 1.82) is 0 Å². The second-order valence-electron chi connectivity index (χ2n) is 4.35. The molecule has 0 saturated carbocycles. The van der Waals surface area contributed by atoms with Crippen LogP contribution < -0.4 is 5.32 Å². The van der Waals surface area contributed by atoms with E-state index in [1.165, 1.54) is 6.07 Å². The van der Waals surface area contributed by atoms with Crippen LogP contribution in [0.15, 0.2) is 30.5 Å². The number of aromatic nitrogens is 1. The van der Waals surface area contributed by atoms with Gasteiger partial charge in [-0.1, -0.05) is 12.1 Å². The number of para-hydroxylation sites is 1. The third-order valence-electron chi connectivity index (χ3n) is 2.91. The van der Waals surface area contributed by atoms with E-state index in [-0.39, 0.29) is 18.3 Å². The van der Waals surface area contributed by atoms with Crippen LogP contribution in [0, 0.1) is 10.1 Å². The molecule has 6 heteroatoms. The molecule has 1 atom stereocenters. The Hall–Kier alpha value is -2.21. The highest BCUT2D eigenvalue weighted by molar-refractivity contribution is 5.96. The highest BCUT2D eigenvalue weighted by atomic mass is 16.6. The monoisotopic (exact) mass is 261 g/mol. The largest absolute Gasteiger partial charge is 0.396 e. The summed E-state index contributed by atoms with van der Waals surface area (Å²) < 4.78 is 0. The number of nitrogens with one attached hydrogen (secondary N) is 1. The van der Waals surface area contributed by atoms with Crippen LogP contribution in [0.25, 0.3) is 10.9 Å². The number of rotatable bonds is 5. The number of anilines is 1. The molecule has 6 nitrogen and oxygen atoms in total. The Morgan fingerprint density at radius 2 is 2.26 bits per heavy atom. The number of benzene rings is 1. The van der Waals surface area contributed by atoms with Crippen molar-refractivity contribution in [1.82, 2.24) is 4.98 Å². The quantitative estimate of drug-likeness (QED) is 0.637. The maximum atomic E-state index is 11.0. The third kappa shape index (κ3) is 2.79. The van der Waals surface area contributed by atoms with Gasteiger partial charge in [0, 0.05) is 36.0 Å². The lowest BCUT2D eigenvalue weighted by Crippen LogP contribution is -2.16. The van der Waals surface area contributed by atoms with Crippen molar-refractivity contribution >= 4 is 22.3 Å². The standard InChI is InChI=1S/C13H15N3O3/c1-9(6-8-17)15-11-5-7-14-13-10(11)3-2-4-12(13)16(18)19/h2-5,7,9,17H,6,8H2,1H3,(H,14,15). The van der Waals surface area contributed by atoms with Crippen molar-refractivity contribution in [3.8, 4) is 0 Å². The summed E-state index contributed by atoms with van der Waals surface area (Å²) in [5.41, 5.74) is 1.15. The first-order valence-corrected chi connectivity index (χ1v) is 6.03. The molecular formula is C13H15N3O3. The average Bonchev–Trinajstić information content (AvgIpc) is 2.38. The van der Waals surface area contributed by atoms with Crippen LogP contribution in [0.4, 0.5) is 11.4 Å². The van der Waals surface area contributed by atoms with E-state index in [2.05, 4.69) is 10.3 Å². The van der Waals surface area contributed by atoms with E-state index in [1.807, 2.05) is 6.92 Å². The maximum Gasteiger partial charge on any atom is 0.295 e. The SMILES string of the molecule is CC(CCO)Nc1ccnc2c([N+](=O)[O-])cccc12. The maximum absolute atomic E-state index is 11.0. The van der Waals surface area contributed by atoms with Gasteiger partial charge in [-0.3, -0.25) is 10.1 Å². The van der Waals surface area contributed by atoms with Gasteiger partial charge >= 0.3 is 0 Å². The zero-order chi connectivity index (χ0) is 13.8. The van der Waals surface area contributed by atoms with E-state index >= 15 is 0 Å². The summed E-state index contributed by atoms with van der Waals surface area (Å²) in [6.07, 6.45) is 2.15. The fraction of sp³-hybridized carbons (Fsp3) is 0.308. The van der Waals surface area contributed by atoms with Crippen molar-refractivity contribution < 1.29 is 10.0 Å². The molecule has 1 heterocycles.